The van der Waals surface area contributed by atoms with Crippen LogP contribution in [0.15, 0.2) is 194 Å². The number of benzene rings is 7. The van der Waals surface area contributed by atoms with E-state index in [0.29, 0.717) is 17.1 Å². The Bertz CT molecular complexity index is 2020. The zero-order valence-electron chi connectivity index (χ0n) is 29.5. The first-order valence-corrected chi connectivity index (χ1v) is 20.3. The fraction of sp³-hybridized carbons (Fsp3) is 0.0652. The highest BCUT2D eigenvalue weighted by Crippen LogP contribution is 2.69. The standard InChI is InChI=1S/C28H24O4P.C18H15P.BrH/c1-30-25-18-23-24(19-26(25)31-2)28(32-27(23)29)33(20-12-6-3-7-13-20,21-14-8-4-9-15-21)22-16-10-5-11-17-22;1-4-10-16(11-5-1)19(17-12-6-2-7-13-17)18-14-8-3-9-15-18;/h3-19,28H,1-2H3;1-15H;1H/q+1;;/p-1. The molecule has 1 heterocycles. The lowest BCUT2D eigenvalue weighted by Crippen LogP contribution is -3.00. The van der Waals surface area contributed by atoms with Crippen molar-refractivity contribution >= 4 is 53.0 Å². The Morgan fingerprint density at radius 1 is 0.491 bits per heavy atom. The maximum absolute atomic E-state index is 13.2. The summed E-state index contributed by atoms with van der Waals surface area (Å²) in [5.41, 5.74) is 1.34. The van der Waals surface area contributed by atoms with E-state index in [9.17, 15) is 4.79 Å². The number of ether oxygens (including phenoxy) is 3. The van der Waals surface area contributed by atoms with Crippen LogP contribution in [0.5, 0.6) is 11.5 Å². The summed E-state index contributed by atoms with van der Waals surface area (Å²) in [6.45, 7) is 0. The highest BCUT2D eigenvalue weighted by Gasteiger charge is 2.59. The number of fused-ring (bicyclic) bond motifs is 1. The Balaban J connectivity index is 0.000000204. The molecule has 0 N–H and O–H groups in total. The number of methoxy groups -OCH3 is 2. The molecule has 7 heteroatoms. The summed E-state index contributed by atoms with van der Waals surface area (Å²) in [6, 6.07) is 67.1. The van der Waals surface area contributed by atoms with Crippen molar-refractivity contribution in [2.75, 3.05) is 14.2 Å². The van der Waals surface area contributed by atoms with E-state index in [1.807, 2.05) is 60.7 Å². The van der Waals surface area contributed by atoms with Gasteiger partial charge in [0.25, 0.3) is 0 Å². The van der Waals surface area contributed by atoms with Gasteiger partial charge in [-0.15, -0.1) is 0 Å². The smallest absolute Gasteiger partial charge is 0.342 e. The van der Waals surface area contributed by atoms with Crippen LogP contribution in [-0.4, -0.2) is 20.2 Å². The van der Waals surface area contributed by atoms with Crippen LogP contribution >= 0.6 is 15.2 Å². The van der Waals surface area contributed by atoms with Crippen LogP contribution in [0.3, 0.4) is 0 Å². The molecule has 0 saturated heterocycles. The molecule has 0 radical (unpaired) electrons. The van der Waals surface area contributed by atoms with Crippen LogP contribution in [-0.2, 0) is 4.74 Å². The SMILES string of the molecule is COc1cc2c(cc1OC)C([P+](c1ccccc1)(c1ccccc1)c1ccccc1)OC2=O.[Br-].c1ccc(P(c2ccccc2)c2ccccc2)cc1. The predicted octanol–water partition coefficient (Wildman–Crippen LogP) is 5.32. The monoisotopic (exact) mass is 796 g/mol. The lowest BCUT2D eigenvalue weighted by atomic mass is 10.1. The molecule has 0 aromatic heterocycles. The number of esters is 1. The Hall–Kier alpha value is -5.05. The van der Waals surface area contributed by atoms with E-state index in [2.05, 4.69) is 127 Å². The van der Waals surface area contributed by atoms with Crippen LogP contribution < -0.4 is 58.3 Å². The second-order valence-electron chi connectivity index (χ2n) is 12.1. The average Bonchev–Trinajstić information content (AvgIpc) is 3.55. The molecule has 7 aromatic carbocycles. The topological polar surface area (TPSA) is 44.8 Å². The Kier molecular flexibility index (Phi) is 12.6. The number of hydrogen-bond donors (Lipinski definition) is 0. The van der Waals surface area contributed by atoms with Gasteiger partial charge in [-0.1, -0.05) is 146 Å². The van der Waals surface area contributed by atoms with Crippen LogP contribution in [0.1, 0.15) is 21.8 Å². The Morgan fingerprint density at radius 3 is 1.15 bits per heavy atom. The molecule has 0 amide bonds. The van der Waals surface area contributed by atoms with Gasteiger partial charge in [-0.2, -0.15) is 0 Å². The summed E-state index contributed by atoms with van der Waals surface area (Å²) in [6.07, 6.45) is 0. The third-order valence-electron chi connectivity index (χ3n) is 9.15. The van der Waals surface area contributed by atoms with Gasteiger partial charge in [0.05, 0.1) is 25.3 Å². The molecule has 0 aliphatic carbocycles. The molecule has 53 heavy (non-hydrogen) atoms. The summed E-state index contributed by atoms with van der Waals surface area (Å²) in [5.74, 6) is 0.249. The highest BCUT2D eigenvalue weighted by molar-refractivity contribution is 7.95. The predicted molar refractivity (Wildman–Crippen MR) is 218 cm³/mol. The van der Waals surface area contributed by atoms with Gasteiger partial charge in [-0.05, 0) is 72.4 Å². The maximum Gasteiger partial charge on any atom is 0.342 e. The van der Waals surface area contributed by atoms with Crippen molar-refractivity contribution < 1.29 is 36.0 Å². The van der Waals surface area contributed by atoms with E-state index in [-0.39, 0.29) is 23.0 Å². The summed E-state index contributed by atoms with van der Waals surface area (Å²) >= 11 is 0. The van der Waals surface area contributed by atoms with Crippen molar-refractivity contribution in [1.82, 2.24) is 0 Å². The molecule has 1 aliphatic heterocycles. The second-order valence-corrected chi connectivity index (χ2v) is 17.8. The summed E-state index contributed by atoms with van der Waals surface area (Å²) in [7, 11) is 0.259. The van der Waals surface area contributed by atoms with Crippen LogP contribution in [0.4, 0.5) is 0 Å². The van der Waals surface area contributed by atoms with Gasteiger partial charge in [0, 0.05) is 0 Å². The van der Waals surface area contributed by atoms with Gasteiger partial charge in [0.2, 0.25) is 5.85 Å². The van der Waals surface area contributed by atoms with E-state index in [1.165, 1.54) is 15.9 Å². The number of carbonyl (C=O) groups is 1. The molecule has 0 bridgehead atoms. The van der Waals surface area contributed by atoms with Crippen molar-refractivity contribution in [1.29, 1.82) is 0 Å². The summed E-state index contributed by atoms with van der Waals surface area (Å²) in [4.78, 5) is 13.2. The van der Waals surface area contributed by atoms with Gasteiger partial charge >= 0.3 is 5.97 Å². The summed E-state index contributed by atoms with van der Waals surface area (Å²) in [5, 5.41) is 7.62. The number of carbonyl (C=O) groups excluding carboxylic acids is 1. The first-order valence-electron chi connectivity index (χ1n) is 17.1. The third-order valence-corrected chi connectivity index (χ3v) is 16.0. The molecule has 1 unspecified atom stereocenters. The normalized spacial score (nSPS) is 13.1. The first-order chi connectivity index (χ1) is 25.6. The van der Waals surface area contributed by atoms with Gasteiger partial charge < -0.3 is 31.2 Å². The molecular formula is C46H39BrO4P2. The van der Waals surface area contributed by atoms with Crippen LogP contribution in [0.25, 0.3) is 0 Å². The second kappa shape index (κ2) is 17.6. The molecule has 264 valence electrons. The number of halogens is 1. The van der Waals surface area contributed by atoms with E-state index in [0.717, 1.165) is 21.5 Å². The number of hydrogen-bond acceptors (Lipinski definition) is 4. The average molecular weight is 798 g/mol. The molecule has 8 rings (SSSR count). The first kappa shape index (κ1) is 37.7. The minimum Gasteiger partial charge on any atom is -1.00 e. The van der Waals surface area contributed by atoms with Crippen LogP contribution in [0.2, 0.25) is 0 Å². The highest BCUT2D eigenvalue weighted by atomic mass is 79.9. The van der Waals surface area contributed by atoms with Gasteiger partial charge in [-0.3, -0.25) is 0 Å². The Labute approximate surface area is 324 Å². The molecule has 7 aromatic rings. The van der Waals surface area contributed by atoms with Gasteiger partial charge in [0.15, 0.2) is 18.8 Å². The van der Waals surface area contributed by atoms with E-state index in [4.69, 9.17) is 14.2 Å². The molecule has 1 aliphatic rings. The fourth-order valence-electron chi connectivity index (χ4n) is 6.81. The lowest BCUT2D eigenvalue weighted by molar-refractivity contribution is -0.0000276. The maximum atomic E-state index is 13.2. The lowest BCUT2D eigenvalue weighted by Gasteiger charge is -2.31. The molecule has 0 fully saturated rings. The molecule has 0 saturated carbocycles. The zero-order valence-corrected chi connectivity index (χ0v) is 32.8. The summed E-state index contributed by atoms with van der Waals surface area (Å²) < 4.78 is 17.3. The van der Waals surface area contributed by atoms with E-state index < -0.39 is 21.0 Å². The molecule has 4 nitrogen and oxygen atoms in total. The van der Waals surface area contributed by atoms with Crippen molar-refractivity contribution in [3.8, 4) is 11.5 Å². The van der Waals surface area contributed by atoms with E-state index >= 15 is 0 Å². The van der Waals surface area contributed by atoms with Crippen molar-refractivity contribution in [3.05, 3.63) is 205 Å². The molecule has 1 atom stereocenters. The fourth-order valence-corrected chi connectivity index (χ4v) is 13.6. The van der Waals surface area contributed by atoms with E-state index in [1.54, 1.807) is 20.3 Å². The van der Waals surface area contributed by atoms with Crippen molar-refractivity contribution in [2.45, 2.75) is 5.85 Å². The largest absolute Gasteiger partial charge is 1.00 e. The van der Waals surface area contributed by atoms with Crippen LogP contribution in [0, 0.1) is 0 Å². The third kappa shape index (κ3) is 7.71. The minimum atomic E-state index is -2.46. The Morgan fingerprint density at radius 2 is 0.811 bits per heavy atom. The van der Waals surface area contributed by atoms with Gasteiger partial charge in [0.1, 0.15) is 15.9 Å². The molecule has 0 spiro atoms. The molecular weight excluding hydrogens is 758 g/mol. The number of rotatable bonds is 9. The van der Waals surface area contributed by atoms with Crippen molar-refractivity contribution in [2.24, 2.45) is 0 Å². The number of cyclic esters (lactones) is 1. The van der Waals surface area contributed by atoms with Gasteiger partial charge in [-0.25, -0.2) is 4.79 Å². The zero-order chi connectivity index (χ0) is 35.8. The quantitative estimate of drug-likeness (QED) is 0.147. The minimum absolute atomic E-state index is 0. The van der Waals surface area contributed by atoms with Crippen molar-refractivity contribution in [3.63, 3.8) is 0 Å².